The predicted molar refractivity (Wildman–Crippen MR) is 49.6 cm³/mol. The third kappa shape index (κ3) is 1.53. The summed E-state index contributed by atoms with van der Waals surface area (Å²) < 4.78 is 4.86. The highest BCUT2D eigenvalue weighted by atomic mass is 16.6. The number of rotatable bonds is 2. The van der Waals surface area contributed by atoms with Gasteiger partial charge in [0.2, 0.25) is 6.29 Å². The lowest BCUT2D eigenvalue weighted by Gasteiger charge is -2.31. The van der Waals surface area contributed by atoms with E-state index in [0.717, 1.165) is 6.26 Å². The highest BCUT2D eigenvalue weighted by molar-refractivity contribution is 5.87. The van der Waals surface area contributed by atoms with Crippen LogP contribution in [0.1, 0.15) is 6.42 Å². The van der Waals surface area contributed by atoms with Crippen molar-refractivity contribution >= 4 is 5.97 Å². The number of carboxylic acid groups (broad SMARTS) is 1. The van der Waals surface area contributed by atoms with Crippen molar-refractivity contribution in [1.29, 1.82) is 0 Å². The number of hydrogen-bond acceptors (Lipinski definition) is 4. The molecule has 1 heterocycles. The molecule has 1 aliphatic carbocycles. The summed E-state index contributed by atoms with van der Waals surface area (Å²) in [4.78, 5) is 10.9. The monoisotopic (exact) mass is 212 g/mol. The van der Waals surface area contributed by atoms with Crippen LogP contribution in [0.5, 0.6) is 0 Å². The van der Waals surface area contributed by atoms with Gasteiger partial charge in [-0.05, 0) is 12.0 Å². The Bertz CT molecular complexity index is 344. The fraction of sp³-hybridized carbons (Fsp3) is 0.500. The van der Waals surface area contributed by atoms with Crippen molar-refractivity contribution in [3.05, 3.63) is 23.5 Å². The average Bonchev–Trinajstić information content (AvgIpc) is 2.62. The Morgan fingerprint density at radius 2 is 2.33 bits per heavy atom. The lowest BCUT2D eigenvalue weighted by Crippen LogP contribution is -2.35. The first-order chi connectivity index (χ1) is 7.15. The molecule has 0 aromatic rings. The molecule has 0 bridgehead atoms. The van der Waals surface area contributed by atoms with Gasteiger partial charge in [-0.25, -0.2) is 4.79 Å². The van der Waals surface area contributed by atoms with Crippen molar-refractivity contribution in [3.8, 4) is 0 Å². The molecule has 1 aliphatic heterocycles. The Labute approximate surface area is 86.3 Å². The second kappa shape index (κ2) is 3.67. The van der Waals surface area contributed by atoms with Crippen LogP contribution in [0.2, 0.25) is 0 Å². The van der Waals surface area contributed by atoms with Gasteiger partial charge in [-0.1, -0.05) is 6.08 Å². The summed E-state index contributed by atoms with van der Waals surface area (Å²) in [5.74, 6) is -1.75. The van der Waals surface area contributed by atoms with Gasteiger partial charge in [0.25, 0.3) is 0 Å². The molecule has 5 heteroatoms. The van der Waals surface area contributed by atoms with Gasteiger partial charge in [-0.15, -0.1) is 0 Å². The normalized spacial score (nSPS) is 33.9. The maximum absolute atomic E-state index is 10.9. The summed E-state index contributed by atoms with van der Waals surface area (Å²) in [6, 6.07) is 0. The molecule has 0 fully saturated rings. The average molecular weight is 212 g/mol. The Hall–Kier alpha value is -1.33. The Kier molecular flexibility index (Phi) is 2.50. The summed E-state index contributed by atoms with van der Waals surface area (Å²) in [6.45, 7) is -0.172. The van der Waals surface area contributed by atoms with E-state index in [9.17, 15) is 9.90 Å². The Balaban J connectivity index is 2.29. The third-order valence-corrected chi connectivity index (χ3v) is 2.97. The minimum atomic E-state index is -1.06. The lowest BCUT2D eigenvalue weighted by molar-refractivity contribution is -0.138. The summed E-state index contributed by atoms with van der Waals surface area (Å²) in [7, 11) is 0. The quantitative estimate of drug-likeness (QED) is 0.554. The molecule has 2 aliphatic rings. The summed E-state index contributed by atoms with van der Waals surface area (Å²) in [5, 5.41) is 27.5. The fourth-order valence-electron chi connectivity index (χ4n) is 2.22. The summed E-state index contributed by atoms with van der Waals surface area (Å²) >= 11 is 0. The van der Waals surface area contributed by atoms with Crippen molar-refractivity contribution in [1.82, 2.24) is 0 Å². The number of hydrogen-bond donors (Lipinski definition) is 3. The van der Waals surface area contributed by atoms with Gasteiger partial charge in [0.05, 0.1) is 24.4 Å². The molecule has 2 rings (SSSR count). The molecule has 0 spiro atoms. The second-order valence-corrected chi connectivity index (χ2v) is 3.71. The first-order valence-electron chi connectivity index (χ1n) is 4.71. The van der Waals surface area contributed by atoms with Gasteiger partial charge in [0.15, 0.2) is 0 Å². The van der Waals surface area contributed by atoms with Crippen molar-refractivity contribution in [3.63, 3.8) is 0 Å². The smallest absolute Gasteiger partial charge is 0.335 e. The predicted octanol–water partition coefficient (Wildman–Crippen LogP) is -0.142. The zero-order chi connectivity index (χ0) is 11.0. The fourth-order valence-corrected chi connectivity index (χ4v) is 2.22. The van der Waals surface area contributed by atoms with Crippen LogP contribution in [0.3, 0.4) is 0 Å². The van der Waals surface area contributed by atoms with Crippen LogP contribution >= 0.6 is 0 Å². The zero-order valence-corrected chi connectivity index (χ0v) is 7.96. The van der Waals surface area contributed by atoms with Crippen LogP contribution in [0.15, 0.2) is 23.5 Å². The van der Waals surface area contributed by atoms with E-state index in [1.165, 1.54) is 0 Å². The topological polar surface area (TPSA) is 87.0 Å². The van der Waals surface area contributed by atoms with E-state index in [0.29, 0.717) is 12.0 Å². The number of carbonyl (C=O) groups is 1. The Morgan fingerprint density at radius 3 is 2.93 bits per heavy atom. The van der Waals surface area contributed by atoms with E-state index in [2.05, 4.69) is 0 Å². The van der Waals surface area contributed by atoms with E-state index in [1.54, 1.807) is 6.08 Å². The van der Waals surface area contributed by atoms with Crippen molar-refractivity contribution < 1.29 is 24.9 Å². The van der Waals surface area contributed by atoms with Gasteiger partial charge in [-0.3, -0.25) is 0 Å². The van der Waals surface area contributed by atoms with Crippen LogP contribution in [-0.2, 0) is 9.53 Å². The Morgan fingerprint density at radius 1 is 1.60 bits per heavy atom. The minimum absolute atomic E-state index is 0.157. The number of ether oxygens (including phenoxy) is 1. The van der Waals surface area contributed by atoms with E-state index in [-0.39, 0.29) is 18.1 Å². The van der Waals surface area contributed by atoms with E-state index >= 15 is 0 Å². The molecular weight excluding hydrogens is 200 g/mol. The molecule has 0 aromatic heterocycles. The largest absolute Gasteiger partial charge is 0.478 e. The molecule has 15 heavy (non-hydrogen) atoms. The molecule has 0 saturated carbocycles. The summed E-state index contributed by atoms with van der Waals surface area (Å²) in [5.41, 5.74) is 0.810. The molecule has 0 unspecified atom stereocenters. The van der Waals surface area contributed by atoms with E-state index in [4.69, 9.17) is 14.9 Å². The van der Waals surface area contributed by atoms with Gasteiger partial charge >= 0.3 is 5.97 Å². The molecular formula is C10H12O5. The number of aliphatic carboxylic acids is 1. The number of allylic oxidation sites excluding steroid dienone is 1. The lowest BCUT2D eigenvalue weighted by atomic mass is 9.84. The molecule has 3 atom stereocenters. The number of aliphatic hydroxyl groups excluding tert-OH is 2. The standard InChI is InChI=1S/C10H12O5/c11-3-5-1-2-6-7(9(12)13)4-15-10(14)8(5)6/h1,4,6,8,10-11,14H,2-3H2,(H,12,13)/t6-,8-,10-/m1/s1. The van der Waals surface area contributed by atoms with Gasteiger partial charge < -0.3 is 20.1 Å². The highest BCUT2D eigenvalue weighted by Gasteiger charge is 2.42. The molecule has 3 N–H and O–H groups in total. The zero-order valence-electron chi connectivity index (χ0n) is 7.96. The third-order valence-electron chi connectivity index (χ3n) is 2.97. The summed E-state index contributed by atoms with van der Waals surface area (Å²) in [6.07, 6.45) is 2.34. The highest BCUT2D eigenvalue weighted by Crippen LogP contribution is 2.41. The molecule has 0 amide bonds. The van der Waals surface area contributed by atoms with Crippen molar-refractivity contribution in [2.45, 2.75) is 12.7 Å². The van der Waals surface area contributed by atoms with Crippen molar-refractivity contribution in [2.75, 3.05) is 6.61 Å². The van der Waals surface area contributed by atoms with Gasteiger partial charge in [0.1, 0.15) is 0 Å². The van der Waals surface area contributed by atoms with Crippen LogP contribution in [0.25, 0.3) is 0 Å². The van der Waals surface area contributed by atoms with Gasteiger partial charge in [-0.2, -0.15) is 0 Å². The first-order valence-corrected chi connectivity index (χ1v) is 4.71. The molecule has 0 saturated heterocycles. The SMILES string of the molecule is O=C(O)C1=CO[C@@H](O)[C@@H]2C(CO)=CC[C@H]12. The van der Waals surface area contributed by atoms with Crippen molar-refractivity contribution in [2.24, 2.45) is 11.8 Å². The molecule has 82 valence electrons. The van der Waals surface area contributed by atoms with Crippen LogP contribution in [-0.4, -0.2) is 34.2 Å². The second-order valence-electron chi connectivity index (χ2n) is 3.71. The maximum Gasteiger partial charge on any atom is 0.335 e. The van der Waals surface area contributed by atoms with Crippen LogP contribution < -0.4 is 0 Å². The molecule has 0 aromatic carbocycles. The molecule has 0 radical (unpaired) electrons. The molecule has 5 nitrogen and oxygen atoms in total. The van der Waals surface area contributed by atoms with E-state index < -0.39 is 18.2 Å². The van der Waals surface area contributed by atoms with E-state index in [1.807, 2.05) is 0 Å². The number of fused-ring (bicyclic) bond motifs is 1. The van der Waals surface area contributed by atoms with Crippen LogP contribution in [0, 0.1) is 11.8 Å². The number of carboxylic acids is 1. The maximum atomic E-state index is 10.9. The first kappa shape index (κ1) is 10.2. The van der Waals surface area contributed by atoms with Gasteiger partial charge in [0, 0.05) is 5.92 Å². The minimum Gasteiger partial charge on any atom is -0.478 e. The van der Waals surface area contributed by atoms with Crippen LogP contribution in [0.4, 0.5) is 0 Å². The number of aliphatic hydroxyl groups is 2.